The summed E-state index contributed by atoms with van der Waals surface area (Å²) >= 11 is 10.8. The van der Waals surface area contributed by atoms with Gasteiger partial charge in [-0.05, 0) is 251 Å². The van der Waals surface area contributed by atoms with Gasteiger partial charge in [0.15, 0.2) is 11.5 Å². The number of rotatable bonds is 16. The molecular weight excluding hydrogens is 1770 g/mol. The Morgan fingerprint density at radius 2 is 0.642 bits per heavy atom. The van der Waals surface area contributed by atoms with E-state index in [0.29, 0.717) is 47.8 Å². The van der Waals surface area contributed by atoms with Crippen molar-refractivity contribution in [2.75, 3.05) is 175 Å². The van der Waals surface area contributed by atoms with Crippen molar-refractivity contribution in [3.63, 3.8) is 0 Å². The summed E-state index contributed by atoms with van der Waals surface area (Å²) in [5.41, 5.74) is 23.9. The number of halogens is 2. The van der Waals surface area contributed by atoms with Crippen molar-refractivity contribution < 1.29 is 108 Å². The second-order valence-corrected chi connectivity index (χ2v) is 35.1. The number of primary amides is 2. The molecule has 5 fully saturated rings. The largest absolute Gasteiger partial charge is 0.519 e. The highest BCUT2D eigenvalue weighted by atomic mass is 35.5. The van der Waals surface area contributed by atoms with Gasteiger partial charge in [0.05, 0.1) is 19.8 Å². The number of amides is 2. The van der Waals surface area contributed by atoms with E-state index in [4.69, 9.17) is 110 Å². The number of alkyl halides is 2. The molecule has 5 aromatic heterocycles. The van der Waals surface area contributed by atoms with Crippen LogP contribution in [0.3, 0.4) is 0 Å². The molecule has 0 unspecified atom stereocenters. The van der Waals surface area contributed by atoms with Gasteiger partial charge in [-0.25, -0.2) is 24.0 Å². The SMILES string of the molecule is C.C.C1CCOC1.CC(C)(C)N1CCN(c2ccc3oc(C(N)=O)cc3c2)CC1.CC(C)(C)OC(=O)OC(=O)OC(C)(C)C.CCOC(=O)c1cc2cc(N)ccc2o1.CCOC(=O)c1cc2cc(N3CCN(C(C)(C)C)CC3)ccc2o1.CCOC(=O)c1cc2cc(N3CCNCC3)ccc2o1.ClCCCCCCl.NC(=O)c1cc2cc(N3CCNCC3)ccc2o1.O=C=O.O=C=O. The van der Waals surface area contributed by atoms with Crippen LogP contribution in [0.15, 0.2) is 143 Å². The van der Waals surface area contributed by atoms with E-state index in [0.717, 1.165) is 192 Å². The van der Waals surface area contributed by atoms with Gasteiger partial charge in [-0.2, -0.15) is 19.2 Å². The molecule has 8 N–H and O–H groups in total. The van der Waals surface area contributed by atoms with E-state index in [1.807, 2.05) is 48.5 Å². The minimum Gasteiger partial charge on any atom is -0.460 e. The summed E-state index contributed by atoms with van der Waals surface area (Å²) < 4.78 is 60.7. The number of anilines is 5. The third-order valence-corrected chi connectivity index (χ3v) is 20.7. The van der Waals surface area contributed by atoms with Gasteiger partial charge in [-0.1, -0.05) is 21.3 Å². The molecule has 10 heterocycles. The van der Waals surface area contributed by atoms with Crippen molar-refractivity contribution in [3.05, 3.63) is 150 Å². The monoisotopic (exact) mass is 1910 g/mol. The first-order valence-electron chi connectivity index (χ1n) is 44.0. The maximum absolute atomic E-state index is 11.8. The van der Waals surface area contributed by atoms with Crippen molar-refractivity contribution in [2.24, 2.45) is 11.5 Å². The number of hydrogen-bond donors (Lipinski definition) is 5. The fraction of sp³-hybridized carbons (Fsp3) is 0.500. The average Bonchev–Trinajstić information content (AvgIpc) is 1.63. The first-order valence-corrected chi connectivity index (χ1v) is 45.0. The number of nitrogens with two attached hydrogens (primary N) is 3. The molecule has 5 aromatic carbocycles. The minimum absolute atomic E-state index is 0. The average molecular weight is 1910 g/mol. The number of furan rings is 5. The Bertz CT molecular complexity index is 5310. The van der Waals surface area contributed by atoms with Crippen LogP contribution in [-0.4, -0.2) is 236 Å². The Morgan fingerprint density at radius 1 is 0.381 bits per heavy atom. The number of esters is 3. The summed E-state index contributed by atoms with van der Waals surface area (Å²) in [5, 5.41) is 11.2. The molecule has 0 saturated carbocycles. The van der Waals surface area contributed by atoms with Gasteiger partial charge in [0, 0.05) is 196 Å². The van der Waals surface area contributed by atoms with Crippen molar-refractivity contribution in [1.29, 1.82) is 0 Å². The maximum atomic E-state index is 11.8. The molecule has 5 saturated heterocycles. The van der Waals surface area contributed by atoms with Crippen LogP contribution in [0.2, 0.25) is 0 Å². The van der Waals surface area contributed by atoms with Crippen LogP contribution < -0.4 is 47.4 Å². The Morgan fingerprint density at radius 3 is 0.888 bits per heavy atom. The summed E-state index contributed by atoms with van der Waals surface area (Å²) in [6, 6.07) is 37.8. The molecule has 0 radical (unpaired) electrons. The smallest absolute Gasteiger partial charge is 0.460 e. The van der Waals surface area contributed by atoms with Gasteiger partial charge in [0.25, 0.3) is 11.8 Å². The van der Waals surface area contributed by atoms with Gasteiger partial charge >= 0.3 is 42.5 Å². The van der Waals surface area contributed by atoms with E-state index in [9.17, 15) is 33.6 Å². The zero-order valence-electron chi connectivity index (χ0n) is 78.4. The fourth-order valence-corrected chi connectivity index (χ4v) is 14.1. The van der Waals surface area contributed by atoms with Crippen molar-refractivity contribution in [1.82, 2.24) is 20.4 Å². The molecule has 10 aromatic rings. The number of nitrogen functional groups attached to an aromatic ring is 1. The number of carbonyl (C=O) groups is 7. The van der Waals surface area contributed by atoms with Crippen molar-refractivity contribution in [2.45, 2.75) is 173 Å². The van der Waals surface area contributed by atoms with Crippen LogP contribution >= 0.6 is 23.2 Å². The third kappa shape index (κ3) is 38.9. The lowest BCUT2D eigenvalue weighted by Gasteiger charge is -2.43. The minimum atomic E-state index is -1.06. The number of nitrogens with zero attached hydrogens (tertiary/aromatic N) is 6. The van der Waals surface area contributed by atoms with Crippen molar-refractivity contribution >= 4 is 161 Å². The molecule has 15 rings (SSSR count). The summed E-state index contributed by atoms with van der Waals surface area (Å²) in [6.45, 7) is 48.1. The number of carbonyl (C=O) groups excluding carboxylic acids is 11. The first-order chi connectivity index (χ1) is 62.7. The summed E-state index contributed by atoms with van der Waals surface area (Å²) in [6.07, 6.45) is 4.32. The second-order valence-electron chi connectivity index (χ2n) is 34.3. The highest BCUT2D eigenvalue weighted by Crippen LogP contribution is 2.33. The van der Waals surface area contributed by atoms with Gasteiger partial charge in [-0.15, -0.1) is 23.2 Å². The molecule has 2 amide bonds. The summed E-state index contributed by atoms with van der Waals surface area (Å²) in [5.74, 6) is 0.374. The lowest BCUT2D eigenvalue weighted by molar-refractivity contribution is -0.193. The lowest BCUT2D eigenvalue weighted by atomic mass is 10.0. The zero-order valence-corrected chi connectivity index (χ0v) is 79.9. The molecule has 5 aliphatic rings. The number of fused-ring (bicyclic) bond motifs is 5. The molecule has 5 aliphatic heterocycles. The van der Waals surface area contributed by atoms with Gasteiger partial charge in [-0.3, -0.25) is 19.4 Å². The molecule has 0 aliphatic carbocycles. The Balaban J connectivity index is 0.000000325. The topological polar surface area (TPSA) is 440 Å². The highest BCUT2D eigenvalue weighted by Gasteiger charge is 2.30. The number of unbranched alkanes of at least 4 members (excludes halogenated alkanes) is 2. The summed E-state index contributed by atoms with van der Waals surface area (Å²) in [7, 11) is 0. The standard InChI is InChI=1S/C19H26N2O3.C17H23N3O2.C15H18N2O3.C13H15N3O2.C11H11NO3.C10H18O5.C5H10Cl2.C4H8O.2CO2.2CH4/c1-5-23-18(22)17-13-14-12-15(6-7-16(14)24-17)20-8-10-21(11-9-20)19(2,3)4;1-17(2,3)20-8-6-19(7-9-20)13-4-5-14-12(10-13)11-15(22-14)16(18)21;1-2-19-15(18)14-10-11-9-12(3-4-13(11)20-14)17-7-5-16-6-8-17;14-13(17)12-8-9-7-10(1-2-11(9)18-12)16-5-3-15-4-6-16;1-2-14-11(13)10-6-7-5-8(12)3-4-9(7)15-10;1-9(2,3)14-7(11)13-8(12)15-10(4,5)6;6-4-2-1-3-5-7;1-2-4-5-3-1;2*2-1-3;;/h6-7,12-13H,5,8-11H2,1-4H3;4-5,10-11H,6-9H2,1-3H3,(H2,18,21);3-4,9-10,16H,2,5-8H2,1H3;1-2,7-8,15H,3-6H2,(H2,14,17);3-6H,2,12H2,1H3;1-6H3;1-5H2;1-4H2;;;2*1H4. The Labute approximate surface area is 794 Å². The number of nitrogens with one attached hydrogen (secondary N) is 2. The van der Waals surface area contributed by atoms with Crippen LogP contribution in [0.5, 0.6) is 0 Å². The maximum Gasteiger partial charge on any atom is 0.519 e. The van der Waals surface area contributed by atoms with E-state index < -0.39 is 53.2 Å². The van der Waals surface area contributed by atoms with E-state index in [1.165, 1.54) is 24.9 Å². The Hall–Kier alpha value is -12.0. The van der Waals surface area contributed by atoms with E-state index in [2.05, 4.69) is 111 Å². The molecule has 0 bridgehead atoms. The van der Waals surface area contributed by atoms with Crippen molar-refractivity contribution in [3.8, 4) is 0 Å². The second kappa shape index (κ2) is 56.9. The first kappa shape index (κ1) is 114. The zero-order chi connectivity index (χ0) is 97.3. The van der Waals surface area contributed by atoms with E-state index in [1.54, 1.807) is 111 Å². The Kier molecular flexibility index (Phi) is 48.6. The summed E-state index contributed by atoms with van der Waals surface area (Å²) in [4.78, 5) is 126. The molecular formula is C98H137Cl2N11O23. The van der Waals surface area contributed by atoms with Gasteiger partial charge < -0.3 is 103 Å². The number of piperazine rings is 4. The van der Waals surface area contributed by atoms with Crippen LogP contribution in [0.25, 0.3) is 54.8 Å². The van der Waals surface area contributed by atoms with Crippen LogP contribution in [0.4, 0.5) is 38.0 Å². The van der Waals surface area contributed by atoms with Crippen LogP contribution in [0.1, 0.15) is 204 Å². The predicted octanol–water partition coefficient (Wildman–Crippen LogP) is 17.5. The molecule has 0 atom stereocenters. The van der Waals surface area contributed by atoms with Crippen LogP contribution in [-0.2, 0) is 52.3 Å². The van der Waals surface area contributed by atoms with Crippen LogP contribution in [0, 0.1) is 0 Å². The van der Waals surface area contributed by atoms with E-state index >= 15 is 0 Å². The molecule has 134 heavy (non-hydrogen) atoms. The predicted molar refractivity (Wildman–Crippen MR) is 520 cm³/mol. The molecule has 36 heteroatoms. The van der Waals surface area contributed by atoms with E-state index in [-0.39, 0.29) is 67.0 Å². The van der Waals surface area contributed by atoms with Gasteiger partial charge in [0.2, 0.25) is 17.3 Å². The lowest BCUT2D eigenvalue weighted by Crippen LogP contribution is -2.53. The molecule has 34 nitrogen and oxygen atoms in total. The third-order valence-electron chi connectivity index (χ3n) is 20.1. The number of benzene rings is 5. The number of hydrogen-bond acceptors (Lipinski definition) is 32. The van der Waals surface area contributed by atoms with Gasteiger partial charge in [0.1, 0.15) is 39.1 Å². The molecule has 0 spiro atoms. The highest BCUT2D eigenvalue weighted by molar-refractivity contribution is 6.18. The quantitative estimate of drug-likeness (QED) is 0.0150. The molecule has 736 valence electrons. The number of ether oxygens (including phenoxy) is 7. The normalized spacial score (nSPS) is 14.3. The fourth-order valence-electron chi connectivity index (χ4n) is 13.7.